The first-order valence-electron chi connectivity index (χ1n) is 9.49. The number of benzene rings is 2. The normalized spacial score (nSPS) is 10.6. The first-order valence-corrected chi connectivity index (χ1v) is 10.5. The standard InChI is InChI=1S/C23H22F2N2O2S/c1-29-21-14-19(25)11-8-17(21)15-27-22(28)20-5-2-12-26-23(20)30-13-3-4-16-6-9-18(24)10-7-16/h2,5-12,14H,3-4,13,15H2,1H3,(H,27,28). The molecule has 1 aromatic heterocycles. The summed E-state index contributed by atoms with van der Waals surface area (Å²) < 4.78 is 31.5. The van der Waals surface area contributed by atoms with Gasteiger partial charge in [-0.3, -0.25) is 4.79 Å². The van der Waals surface area contributed by atoms with Crippen LogP contribution in [0.1, 0.15) is 27.9 Å². The molecule has 1 heterocycles. The second kappa shape index (κ2) is 10.7. The summed E-state index contributed by atoms with van der Waals surface area (Å²) in [6.45, 7) is 0.214. The van der Waals surface area contributed by atoms with Crippen molar-refractivity contribution in [2.45, 2.75) is 24.4 Å². The van der Waals surface area contributed by atoms with Crippen molar-refractivity contribution in [3.05, 3.63) is 89.1 Å². The van der Waals surface area contributed by atoms with E-state index in [-0.39, 0.29) is 18.3 Å². The smallest absolute Gasteiger partial charge is 0.254 e. The summed E-state index contributed by atoms with van der Waals surface area (Å²) in [4.78, 5) is 17.0. The Balaban J connectivity index is 1.56. The predicted octanol–water partition coefficient (Wildman–Crippen LogP) is 5.02. The maximum atomic E-state index is 13.3. The number of methoxy groups -OCH3 is 1. The Bertz CT molecular complexity index is 997. The zero-order valence-corrected chi connectivity index (χ0v) is 17.3. The van der Waals surface area contributed by atoms with Gasteiger partial charge in [-0.05, 0) is 54.5 Å². The van der Waals surface area contributed by atoms with Crippen LogP contribution in [0.4, 0.5) is 8.78 Å². The molecule has 30 heavy (non-hydrogen) atoms. The van der Waals surface area contributed by atoms with Gasteiger partial charge >= 0.3 is 0 Å². The quantitative estimate of drug-likeness (QED) is 0.384. The molecule has 0 saturated carbocycles. The van der Waals surface area contributed by atoms with Crippen molar-refractivity contribution in [1.82, 2.24) is 10.3 Å². The number of hydrogen-bond acceptors (Lipinski definition) is 4. The van der Waals surface area contributed by atoms with Gasteiger partial charge in [-0.1, -0.05) is 18.2 Å². The van der Waals surface area contributed by atoms with E-state index >= 15 is 0 Å². The molecule has 0 spiro atoms. The third-order valence-corrected chi connectivity index (χ3v) is 5.56. The van der Waals surface area contributed by atoms with Crippen molar-refractivity contribution >= 4 is 17.7 Å². The van der Waals surface area contributed by atoms with Crippen LogP contribution >= 0.6 is 11.8 Å². The van der Waals surface area contributed by atoms with Crippen LogP contribution in [0.2, 0.25) is 0 Å². The molecule has 0 aliphatic rings. The van der Waals surface area contributed by atoms with Crippen molar-refractivity contribution in [2.75, 3.05) is 12.9 Å². The first kappa shape index (κ1) is 21.8. The largest absolute Gasteiger partial charge is 0.496 e. The van der Waals surface area contributed by atoms with Gasteiger partial charge in [0.05, 0.1) is 12.7 Å². The second-order valence-electron chi connectivity index (χ2n) is 6.57. The molecule has 7 heteroatoms. The highest BCUT2D eigenvalue weighted by Gasteiger charge is 2.14. The third-order valence-electron chi connectivity index (χ3n) is 4.47. The van der Waals surface area contributed by atoms with Crippen LogP contribution in [-0.4, -0.2) is 23.8 Å². The van der Waals surface area contributed by atoms with E-state index in [0.29, 0.717) is 21.9 Å². The van der Waals surface area contributed by atoms with E-state index in [1.807, 2.05) is 0 Å². The molecular weight excluding hydrogens is 406 g/mol. The summed E-state index contributed by atoms with van der Waals surface area (Å²) in [6.07, 6.45) is 3.36. The van der Waals surface area contributed by atoms with Crippen LogP contribution in [0.3, 0.4) is 0 Å². The van der Waals surface area contributed by atoms with Crippen molar-refractivity contribution in [3.63, 3.8) is 0 Å². The summed E-state index contributed by atoms with van der Waals surface area (Å²) in [5.74, 6) is 0.275. The molecule has 0 saturated heterocycles. The molecule has 0 atom stereocenters. The molecule has 0 aliphatic carbocycles. The van der Waals surface area contributed by atoms with Gasteiger partial charge in [0.2, 0.25) is 0 Å². The van der Waals surface area contributed by atoms with E-state index in [1.54, 1.807) is 36.5 Å². The molecule has 0 aliphatic heterocycles. The lowest BCUT2D eigenvalue weighted by Crippen LogP contribution is -2.24. The molecule has 4 nitrogen and oxygen atoms in total. The van der Waals surface area contributed by atoms with Gasteiger partial charge in [-0.25, -0.2) is 13.8 Å². The topological polar surface area (TPSA) is 51.2 Å². The summed E-state index contributed by atoms with van der Waals surface area (Å²) in [7, 11) is 1.46. The molecule has 156 valence electrons. The van der Waals surface area contributed by atoms with E-state index in [9.17, 15) is 13.6 Å². The van der Waals surface area contributed by atoms with Gasteiger partial charge in [0, 0.05) is 24.4 Å². The molecule has 3 rings (SSSR count). The predicted molar refractivity (Wildman–Crippen MR) is 114 cm³/mol. The third kappa shape index (κ3) is 6.03. The first-order chi connectivity index (χ1) is 14.6. The number of pyridine rings is 1. The van der Waals surface area contributed by atoms with Crippen LogP contribution in [0.5, 0.6) is 5.75 Å². The van der Waals surface area contributed by atoms with Gasteiger partial charge < -0.3 is 10.1 Å². The molecule has 0 radical (unpaired) electrons. The zero-order chi connectivity index (χ0) is 21.3. The number of aryl methyl sites for hydroxylation is 1. The van der Waals surface area contributed by atoms with Gasteiger partial charge in [-0.2, -0.15) is 0 Å². The van der Waals surface area contributed by atoms with Crippen LogP contribution in [0.25, 0.3) is 0 Å². The highest BCUT2D eigenvalue weighted by atomic mass is 32.2. The fourth-order valence-electron chi connectivity index (χ4n) is 2.91. The van der Waals surface area contributed by atoms with Crippen LogP contribution in [0, 0.1) is 11.6 Å². The Hall–Kier alpha value is -2.93. The van der Waals surface area contributed by atoms with E-state index < -0.39 is 5.82 Å². The van der Waals surface area contributed by atoms with Crippen LogP contribution < -0.4 is 10.1 Å². The highest BCUT2D eigenvalue weighted by molar-refractivity contribution is 7.99. The number of ether oxygens (including phenoxy) is 1. The van der Waals surface area contributed by atoms with Gasteiger partial charge in [0.15, 0.2) is 0 Å². The minimum Gasteiger partial charge on any atom is -0.496 e. The zero-order valence-electron chi connectivity index (χ0n) is 16.5. The summed E-state index contributed by atoms with van der Waals surface area (Å²) >= 11 is 1.51. The molecule has 0 bridgehead atoms. The number of aromatic nitrogens is 1. The van der Waals surface area contributed by atoms with Gasteiger partial charge in [0.1, 0.15) is 22.4 Å². The van der Waals surface area contributed by atoms with E-state index in [2.05, 4.69) is 10.3 Å². The fourth-order valence-corrected chi connectivity index (χ4v) is 3.84. The molecule has 1 amide bonds. The van der Waals surface area contributed by atoms with Gasteiger partial charge in [-0.15, -0.1) is 11.8 Å². The summed E-state index contributed by atoms with van der Waals surface area (Å²) in [5, 5.41) is 3.49. The number of carbonyl (C=O) groups is 1. The van der Waals surface area contributed by atoms with E-state index in [1.165, 1.54) is 43.1 Å². The van der Waals surface area contributed by atoms with Crippen LogP contribution in [0.15, 0.2) is 65.8 Å². The lowest BCUT2D eigenvalue weighted by Gasteiger charge is -2.11. The number of halogens is 2. The molecule has 0 unspecified atom stereocenters. The Kier molecular flexibility index (Phi) is 7.79. The maximum absolute atomic E-state index is 13.3. The van der Waals surface area contributed by atoms with Crippen molar-refractivity contribution in [3.8, 4) is 5.75 Å². The molecule has 1 N–H and O–H groups in total. The number of rotatable bonds is 9. The minimum atomic E-state index is -0.395. The molecule has 0 fully saturated rings. The number of amides is 1. The number of nitrogens with zero attached hydrogens (tertiary/aromatic N) is 1. The van der Waals surface area contributed by atoms with Crippen molar-refractivity contribution in [1.29, 1.82) is 0 Å². The number of carbonyl (C=O) groups excluding carboxylic acids is 1. The average molecular weight is 429 g/mol. The monoisotopic (exact) mass is 428 g/mol. The molecule has 3 aromatic rings. The Labute approximate surface area is 178 Å². The Morgan fingerprint density at radius 3 is 2.63 bits per heavy atom. The van der Waals surface area contributed by atoms with Crippen LogP contribution in [-0.2, 0) is 13.0 Å². The number of thioether (sulfide) groups is 1. The van der Waals surface area contributed by atoms with Crippen molar-refractivity contribution < 1.29 is 18.3 Å². The minimum absolute atomic E-state index is 0.214. The average Bonchev–Trinajstić information content (AvgIpc) is 2.77. The summed E-state index contributed by atoms with van der Waals surface area (Å²) in [6, 6.07) is 14.1. The van der Waals surface area contributed by atoms with E-state index in [0.717, 1.165) is 24.2 Å². The SMILES string of the molecule is COc1cc(F)ccc1CNC(=O)c1cccnc1SCCCc1ccc(F)cc1. The Morgan fingerprint density at radius 1 is 1.10 bits per heavy atom. The molecular formula is C23H22F2N2O2S. The number of nitrogens with one attached hydrogen (secondary N) is 1. The second-order valence-corrected chi connectivity index (χ2v) is 7.66. The Morgan fingerprint density at radius 2 is 1.87 bits per heavy atom. The number of hydrogen-bond donors (Lipinski definition) is 1. The van der Waals surface area contributed by atoms with Crippen molar-refractivity contribution in [2.24, 2.45) is 0 Å². The maximum Gasteiger partial charge on any atom is 0.254 e. The lowest BCUT2D eigenvalue weighted by molar-refractivity contribution is 0.0947. The van der Waals surface area contributed by atoms with E-state index in [4.69, 9.17) is 4.74 Å². The summed E-state index contributed by atoms with van der Waals surface area (Å²) in [5.41, 5.74) is 2.25. The highest BCUT2D eigenvalue weighted by Crippen LogP contribution is 2.23. The van der Waals surface area contributed by atoms with Gasteiger partial charge in [0.25, 0.3) is 5.91 Å². The molecule has 2 aromatic carbocycles. The lowest BCUT2D eigenvalue weighted by atomic mass is 10.1. The fraction of sp³-hybridized carbons (Fsp3) is 0.217.